The Hall–Kier alpha value is -4.35. The van der Waals surface area contributed by atoms with E-state index in [1.807, 2.05) is 0 Å². The number of carbonyl (C=O) groups is 6. The summed E-state index contributed by atoms with van der Waals surface area (Å²) >= 11 is 0. The number of nitrogens with one attached hydrogen (secondary N) is 5. The first kappa shape index (κ1) is 50.7. The topological polar surface area (TPSA) is 241 Å². The fourth-order valence-corrected chi connectivity index (χ4v) is 5.33. The molecule has 0 bridgehead atoms. The van der Waals surface area contributed by atoms with Gasteiger partial charge in [-0.1, -0.05) is 0 Å². The maximum Gasteiger partial charge on any atom is 0.414 e. The van der Waals surface area contributed by atoms with Crippen LogP contribution in [0.4, 0.5) is 19.2 Å². The summed E-state index contributed by atoms with van der Waals surface area (Å²) in [6, 6.07) is -1.70. The summed E-state index contributed by atoms with van der Waals surface area (Å²) in [6.07, 6.45) is 1.44. The van der Waals surface area contributed by atoms with Crippen molar-refractivity contribution in [3.63, 3.8) is 0 Å². The van der Waals surface area contributed by atoms with Crippen LogP contribution in [0.1, 0.15) is 134 Å². The zero-order valence-corrected chi connectivity index (χ0v) is 36.5. The summed E-state index contributed by atoms with van der Waals surface area (Å²) < 4.78 is 21.2. The number of hydrogen-bond acceptors (Lipinski definition) is 12. The molecule has 0 aromatic carbocycles. The largest absolute Gasteiger partial charge is 0.444 e. The Morgan fingerprint density at radius 2 is 1.04 bits per heavy atom. The Kier molecular flexibility index (Phi) is 20.6. The van der Waals surface area contributed by atoms with Gasteiger partial charge in [-0.2, -0.15) is 0 Å². The van der Waals surface area contributed by atoms with E-state index in [9.17, 15) is 28.8 Å². The van der Waals surface area contributed by atoms with Crippen molar-refractivity contribution in [1.82, 2.24) is 31.5 Å². The third-order valence-electron chi connectivity index (χ3n) is 7.82. The van der Waals surface area contributed by atoms with Crippen molar-refractivity contribution < 1.29 is 47.7 Å². The van der Waals surface area contributed by atoms with Gasteiger partial charge in [-0.15, -0.1) is 0 Å². The number of nitrogens with zero attached hydrogens (tertiary/aromatic N) is 2. The molecular formula is C39H72N8O10. The van der Waals surface area contributed by atoms with E-state index in [1.54, 1.807) is 88.0 Å². The lowest BCUT2D eigenvalue weighted by Gasteiger charge is -2.34. The molecule has 0 spiro atoms. The highest BCUT2D eigenvalue weighted by molar-refractivity contribution is 6.01. The van der Waals surface area contributed by atoms with E-state index < -0.39 is 64.8 Å². The van der Waals surface area contributed by atoms with E-state index in [2.05, 4.69) is 31.6 Å². The SMILES string of the molecule is CC(C)(C)OC(=O)NCCCC[C@H](NC(=O)[C@@H](N)CCCCNC(=O)OC(C)(C)C)C(=O)N1CCC(CN=C(NC(=O)OC(C)(C)C)NC(=O)OC(C)(C)C)CC1. The van der Waals surface area contributed by atoms with Gasteiger partial charge in [0, 0.05) is 32.7 Å². The molecule has 1 rings (SSSR count). The zero-order valence-electron chi connectivity index (χ0n) is 36.5. The molecule has 57 heavy (non-hydrogen) atoms. The standard InChI is InChI=1S/C39H72N8O10/c1-36(2,3)54-32(50)41-21-15-13-17-27(40)29(48)44-28(18-14-16-22-42-33(51)55-37(4,5)6)30(49)47-23-19-26(20-24-47)25-43-31(45-34(52)56-38(7,8)9)46-35(53)57-39(10,11)12/h26-28H,13-25,40H2,1-12H3,(H,41,50)(H,42,51)(H,44,48)(H2,43,45,46,52,53)/t27-,28-/m0/s1. The van der Waals surface area contributed by atoms with E-state index in [4.69, 9.17) is 24.7 Å². The minimum atomic E-state index is -0.864. The molecule has 0 aliphatic carbocycles. The van der Waals surface area contributed by atoms with Crippen molar-refractivity contribution in [2.45, 2.75) is 169 Å². The highest BCUT2D eigenvalue weighted by Gasteiger charge is 2.31. The van der Waals surface area contributed by atoms with Crippen LogP contribution in [-0.2, 0) is 28.5 Å². The molecule has 0 saturated carbocycles. The molecule has 1 aliphatic rings. The second-order valence-corrected chi connectivity index (χ2v) is 18.2. The van der Waals surface area contributed by atoms with E-state index in [-0.39, 0.29) is 24.3 Å². The van der Waals surface area contributed by atoms with E-state index in [0.29, 0.717) is 77.5 Å². The zero-order chi connectivity index (χ0) is 43.6. The number of guanidine groups is 1. The normalized spacial score (nSPS) is 14.9. The number of hydrogen-bond donors (Lipinski definition) is 6. The van der Waals surface area contributed by atoms with E-state index in [1.165, 1.54) is 0 Å². The van der Waals surface area contributed by atoms with Crippen LogP contribution in [0.5, 0.6) is 0 Å². The predicted octanol–water partition coefficient (Wildman–Crippen LogP) is 4.83. The molecule has 0 radical (unpaired) electrons. The number of piperidine rings is 1. The van der Waals surface area contributed by atoms with Gasteiger partial charge in [0.1, 0.15) is 28.4 Å². The van der Waals surface area contributed by atoms with Crippen molar-refractivity contribution in [1.29, 1.82) is 0 Å². The van der Waals surface area contributed by atoms with Gasteiger partial charge in [-0.25, -0.2) is 19.2 Å². The van der Waals surface area contributed by atoms with Gasteiger partial charge in [-0.05, 0) is 140 Å². The number of nitrogens with two attached hydrogens (primary N) is 1. The van der Waals surface area contributed by atoms with Crippen LogP contribution < -0.4 is 32.3 Å². The Bertz CT molecular complexity index is 1320. The quantitative estimate of drug-likeness (QED) is 0.0566. The van der Waals surface area contributed by atoms with Crippen LogP contribution in [0.25, 0.3) is 0 Å². The summed E-state index contributed by atoms with van der Waals surface area (Å²) in [4.78, 5) is 82.2. The first-order valence-corrected chi connectivity index (χ1v) is 20.0. The molecule has 1 aliphatic heterocycles. The monoisotopic (exact) mass is 813 g/mol. The molecule has 0 unspecified atom stereocenters. The van der Waals surface area contributed by atoms with Gasteiger partial charge in [-0.3, -0.25) is 25.2 Å². The summed E-state index contributed by atoms with van der Waals surface area (Å²) in [5.74, 6) is -0.781. The van der Waals surface area contributed by atoms with Gasteiger partial charge in [0.2, 0.25) is 17.8 Å². The van der Waals surface area contributed by atoms with Gasteiger partial charge in [0.05, 0.1) is 6.04 Å². The molecule has 18 heteroatoms. The van der Waals surface area contributed by atoms with Crippen LogP contribution in [0.3, 0.4) is 0 Å². The lowest BCUT2D eigenvalue weighted by Crippen LogP contribution is -2.54. The summed E-state index contributed by atoms with van der Waals surface area (Å²) in [7, 11) is 0. The molecule has 18 nitrogen and oxygen atoms in total. The van der Waals surface area contributed by atoms with Crippen molar-refractivity contribution in [2.75, 3.05) is 32.7 Å². The summed E-state index contributed by atoms with van der Waals surface area (Å²) in [5, 5.41) is 13.2. The van der Waals surface area contributed by atoms with E-state index >= 15 is 0 Å². The van der Waals surface area contributed by atoms with Crippen LogP contribution >= 0.6 is 0 Å². The van der Waals surface area contributed by atoms with Crippen LogP contribution in [-0.4, -0.2) is 114 Å². The molecule has 1 saturated heterocycles. The Balaban J connectivity index is 2.90. The average molecular weight is 813 g/mol. The lowest BCUT2D eigenvalue weighted by atomic mass is 9.96. The van der Waals surface area contributed by atoms with Crippen LogP contribution in [0, 0.1) is 5.92 Å². The molecule has 0 aromatic heterocycles. The number of aliphatic imine (C=N–C) groups is 1. The maximum absolute atomic E-state index is 13.9. The van der Waals surface area contributed by atoms with Gasteiger partial charge < -0.3 is 45.5 Å². The first-order valence-electron chi connectivity index (χ1n) is 20.0. The van der Waals surface area contributed by atoms with Crippen LogP contribution in [0.15, 0.2) is 4.99 Å². The number of likely N-dealkylation sites (tertiary alicyclic amines) is 1. The molecule has 6 amide bonds. The number of unbranched alkanes of at least 4 members (excludes halogenated alkanes) is 2. The Morgan fingerprint density at radius 1 is 0.632 bits per heavy atom. The average Bonchev–Trinajstić information content (AvgIpc) is 3.02. The second-order valence-electron chi connectivity index (χ2n) is 18.2. The predicted molar refractivity (Wildman–Crippen MR) is 216 cm³/mol. The number of carbonyl (C=O) groups excluding carboxylic acids is 6. The Morgan fingerprint density at radius 3 is 1.46 bits per heavy atom. The molecular weight excluding hydrogens is 740 g/mol. The van der Waals surface area contributed by atoms with E-state index in [0.717, 1.165) is 0 Å². The van der Waals surface area contributed by atoms with Crippen LogP contribution in [0.2, 0.25) is 0 Å². The number of alkyl carbamates (subject to hydrolysis) is 4. The third-order valence-corrected chi connectivity index (χ3v) is 7.82. The van der Waals surface area contributed by atoms with Gasteiger partial charge >= 0.3 is 24.4 Å². The second kappa shape index (κ2) is 23.2. The Labute approximate surface area is 339 Å². The van der Waals surface area contributed by atoms with Gasteiger partial charge in [0.15, 0.2) is 0 Å². The molecule has 0 aromatic rings. The first-order chi connectivity index (χ1) is 26.1. The number of amides is 6. The lowest BCUT2D eigenvalue weighted by molar-refractivity contribution is -0.138. The number of ether oxygens (including phenoxy) is 4. The smallest absolute Gasteiger partial charge is 0.414 e. The van der Waals surface area contributed by atoms with Gasteiger partial charge in [0.25, 0.3) is 0 Å². The van der Waals surface area contributed by atoms with Crippen molar-refractivity contribution in [2.24, 2.45) is 16.6 Å². The molecule has 2 atom stereocenters. The molecule has 1 fully saturated rings. The van der Waals surface area contributed by atoms with Crippen molar-refractivity contribution in [3.8, 4) is 0 Å². The summed E-state index contributed by atoms with van der Waals surface area (Å²) in [6.45, 7) is 22.7. The number of rotatable bonds is 15. The molecule has 7 N–H and O–H groups in total. The van der Waals surface area contributed by atoms with Crippen molar-refractivity contribution >= 4 is 42.1 Å². The minimum absolute atomic E-state index is 0.0233. The van der Waals surface area contributed by atoms with Crippen molar-refractivity contribution in [3.05, 3.63) is 0 Å². The summed E-state index contributed by atoms with van der Waals surface area (Å²) in [5.41, 5.74) is 3.45. The maximum atomic E-state index is 13.9. The minimum Gasteiger partial charge on any atom is -0.444 e. The highest BCUT2D eigenvalue weighted by Crippen LogP contribution is 2.20. The fourth-order valence-electron chi connectivity index (χ4n) is 5.33. The fraction of sp³-hybridized carbons (Fsp3) is 0.821. The molecule has 1 heterocycles. The third kappa shape index (κ3) is 25.5. The molecule has 328 valence electrons. The highest BCUT2D eigenvalue weighted by atomic mass is 16.6.